The van der Waals surface area contributed by atoms with Gasteiger partial charge in [0.05, 0.1) is 18.3 Å². The smallest absolute Gasteiger partial charge is 0.358 e. The number of carbonyl (C=O) groups is 1. The minimum atomic E-state index is -0.849. The molecule has 2 rings (SSSR count). The van der Waals surface area contributed by atoms with E-state index in [0.717, 1.165) is 0 Å². The van der Waals surface area contributed by atoms with Crippen LogP contribution in [0.1, 0.15) is 34.1 Å². The molecule has 0 aliphatic carbocycles. The predicted octanol–water partition coefficient (Wildman–Crippen LogP) is 4.06. The molecule has 0 radical (unpaired) electrons. The van der Waals surface area contributed by atoms with Gasteiger partial charge in [-0.1, -0.05) is 38.6 Å². The highest BCUT2D eigenvalue weighted by Gasteiger charge is 2.55. The first kappa shape index (κ1) is 20.4. The Morgan fingerprint density at radius 1 is 1.27 bits per heavy atom. The number of thiocarbonyl (C=S) groups is 1. The lowest BCUT2D eigenvalue weighted by Gasteiger charge is -2.33. The topological polar surface area (TPSA) is 54.0 Å². The second kappa shape index (κ2) is 8.64. The number of benzene rings is 1. The van der Waals surface area contributed by atoms with E-state index in [2.05, 4.69) is 6.58 Å². The SMILES string of the molecule is C=C(C(=O)OCC)[C@@]1(CC)O[C@@H](C)[C@H](OC(=S)Oc2ccccc2)[C@H]1C. The van der Waals surface area contributed by atoms with E-state index < -0.39 is 11.6 Å². The Hall–Kier alpha value is -1.92. The molecule has 4 atom stereocenters. The van der Waals surface area contributed by atoms with Crippen molar-refractivity contribution in [3.63, 3.8) is 0 Å². The van der Waals surface area contributed by atoms with E-state index in [1.54, 1.807) is 19.1 Å². The lowest BCUT2D eigenvalue weighted by atomic mass is 9.79. The summed E-state index contributed by atoms with van der Waals surface area (Å²) in [5.74, 6) is 0.00306. The first-order valence-electron chi connectivity index (χ1n) is 8.83. The van der Waals surface area contributed by atoms with E-state index in [9.17, 15) is 4.79 Å². The molecular formula is C20H26O5S. The first-order valence-corrected chi connectivity index (χ1v) is 9.24. The Bertz CT molecular complexity index is 659. The summed E-state index contributed by atoms with van der Waals surface area (Å²) in [6, 6.07) is 9.20. The lowest BCUT2D eigenvalue weighted by Crippen LogP contribution is -2.42. The van der Waals surface area contributed by atoms with Gasteiger partial charge in [-0.25, -0.2) is 4.79 Å². The fourth-order valence-corrected chi connectivity index (χ4v) is 3.66. The zero-order chi connectivity index (χ0) is 19.3. The molecule has 6 heteroatoms. The summed E-state index contributed by atoms with van der Waals surface area (Å²) in [5, 5.41) is 0.0251. The molecular weight excluding hydrogens is 352 g/mol. The number of hydrogen-bond acceptors (Lipinski definition) is 6. The Balaban J connectivity index is 2.12. The van der Waals surface area contributed by atoms with Crippen molar-refractivity contribution in [2.45, 2.75) is 51.9 Å². The highest BCUT2D eigenvalue weighted by atomic mass is 32.1. The van der Waals surface area contributed by atoms with Crippen LogP contribution in [0.15, 0.2) is 42.5 Å². The Labute approximate surface area is 160 Å². The highest BCUT2D eigenvalue weighted by molar-refractivity contribution is 7.79. The summed E-state index contributed by atoms with van der Waals surface area (Å²) in [6.45, 7) is 11.8. The number of ether oxygens (including phenoxy) is 4. The Morgan fingerprint density at radius 2 is 1.92 bits per heavy atom. The number of esters is 1. The van der Waals surface area contributed by atoms with Gasteiger partial charge in [0.25, 0.3) is 0 Å². The van der Waals surface area contributed by atoms with E-state index in [4.69, 9.17) is 31.2 Å². The summed E-state index contributed by atoms with van der Waals surface area (Å²) in [6.07, 6.45) is -0.0757. The van der Waals surface area contributed by atoms with Crippen molar-refractivity contribution >= 4 is 23.4 Å². The van der Waals surface area contributed by atoms with Crippen molar-refractivity contribution in [1.29, 1.82) is 0 Å². The van der Waals surface area contributed by atoms with Gasteiger partial charge in [-0.2, -0.15) is 0 Å². The van der Waals surface area contributed by atoms with Crippen molar-refractivity contribution in [1.82, 2.24) is 0 Å². The molecule has 0 spiro atoms. The van der Waals surface area contributed by atoms with Crippen LogP contribution in [0.25, 0.3) is 0 Å². The molecule has 0 unspecified atom stereocenters. The molecule has 0 N–H and O–H groups in total. The molecule has 0 aromatic heterocycles. The number of rotatable bonds is 6. The summed E-state index contributed by atoms with van der Waals surface area (Å²) in [7, 11) is 0. The third-order valence-corrected chi connectivity index (χ3v) is 5.00. The second-order valence-corrected chi connectivity index (χ2v) is 6.63. The molecule has 1 fully saturated rings. The molecule has 26 heavy (non-hydrogen) atoms. The average Bonchev–Trinajstić information content (AvgIpc) is 2.87. The van der Waals surface area contributed by atoms with Crippen molar-refractivity contribution in [3.05, 3.63) is 42.5 Å². The minimum absolute atomic E-state index is 0.0251. The summed E-state index contributed by atoms with van der Waals surface area (Å²) >= 11 is 5.23. The van der Waals surface area contributed by atoms with E-state index in [1.807, 2.05) is 39.0 Å². The van der Waals surface area contributed by atoms with E-state index in [1.165, 1.54) is 0 Å². The highest BCUT2D eigenvalue weighted by Crippen LogP contribution is 2.45. The van der Waals surface area contributed by atoms with Crippen molar-refractivity contribution < 1.29 is 23.7 Å². The largest absolute Gasteiger partial charge is 0.463 e. The lowest BCUT2D eigenvalue weighted by molar-refractivity contribution is -0.142. The maximum atomic E-state index is 12.2. The molecule has 0 bridgehead atoms. The quantitative estimate of drug-likeness (QED) is 0.423. The Kier molecular flexibility index (Phi) is 6.78. The molecule has 1 aliphatic rings. The van der Waals surface area contributed by atoms with Crippen LogP contribution in [0, 0.1) is 5.92 Å². The summed E-state index contributed by atoms with van der Waals surface area (Å²) in [5.41, 5.74) is -0.541. The minimum Gasteiger partial charge on any atom is -0.463 e. The van der Waals surface area contributed by atoms with Gasteiger partial charge in [0, 0.05) is 18.1 Å². The monoisotopic (exact) mass is 378 g/mol. The summed E-state index contributed by atoms with van der Waals surface area (Å²) < 4.78 is 22.7. The van der Waals surface area contributed by atoms with Gasteiger partial charge in [0.2, 0.25) is 0 Å². The van der Waals surface area contributed by atoms with Crippen molar-refractivity contribution in [2.24, 2.45) is 5.92 Å². The number of hydrogen-bond donors (Lipinski definition) is 0. The molecule has 1 aromatic carbocycles. The van der Waals surface area contributed by atoms with Gasteiger partial charge >= 0.3 is 11.2 Å². The molecule has 5 nitrogen and oxygen atoms in total. The molecule has 1 aromatic rings. The van der Waals surface area contributed by atoms with Crippen LogP contribution in [-0.4, -0.2) is 35.6 Å². The van der Waals surface area contributed by atoms with Crippen LogP contribution in [0.2, 0.25) is 0 Å². The van der Waals surface area contributed by atoms with Crippen LogP contribution >= 0.6 is 12.2 Å². The van der Waals surface area contributed by atoms with E-state index >= 15 is 0 Å². The molecule has 0 saturated carbocycles. The zero-order valence-corrected chi connectivity index (χ0v) is 16.5. The van der Waals surface area contributed by atoms with Crippen LogP contribution in [-0.2, 0) is 19.0 Å². The second-order valence-electron chi connectivity index (χ2n) is 6.30. The standard InChI is InChI=1S/C20H26O5S/c1-6-20(14(4)18(21)22-7-2)13(3)17(15(5)25-20)24-19(26)23-16-11-9-8-10-12-16/h8-13,15,17H,4,6-7H2,1-3,5H3/t13-,15+,17-,20+/m1/s1. The number of carbonyl (C=O) groups excluding carboxylic acids is 1. The average molecular weight is 378 g/mol. The van der Waals surface area contributed by atoms with E-state index in [0.29, 0.717) is 17.7 Å². The fourth-order valence-electron chi connectivity index (χ4n) is 3.45. The van der Waals surface area contributed by atoms with Gasteiger partial charge in [-0.15, -0.1) is 0 Å². The van der Waals surface area contributed by atoms with E-state index in [-0.39, 0.29) is 30.0 Å². The zero-order valence-electron chi connectivity index (χ0n) is 15.7. The fraction of sp³-hybridized carbons (Fsp3) is 0.500. The van der Waals surface area contributed by atoms with Crippen molar-refractivity contribution in [2.75, 3.05) is 6.61 Å². The summed E-state index contributed by atoms with van der Waals surface area (Å²) in [4.78, 5) is 12.2. The van der Waals surface area contributed by atoms with Gasteiger partial charge < -0.3 is 18.9 Å². The molecule has 1 heterocycles. The van der Waals surface area contributed by atoms with Crippen LogP contribution in [0.3, 0.4) is 0 Å². The molecule has 1 saturated heterocycles. The third-order valence-electron chi connectivity index (χ3n) is 4.82. The normalized spacial score (nSPS) is 27.6. The van der Waals surface area contributed by atoms with Gasteiger partial charge in [-0.05, 0) is 32.4 Å². The van der Waals surface area contributed by atoms with Crippen LogP contribution in [0.5, 0.6) is 5.75 Å². The first-order chi connectivity index (χ1) is 12.4. The van der Waals surface area contributed by atoms with Crippen molar-refractivity contribution in [3.8, 4) is 5.75 Å². The maximum absolute atomic E-state index is 12.2. The molecule has 142 valence electrons. The van der Waals surface area contributed by atoms with Crippen LogP contribution in [0.4, 0.5) is 0 Å². The molecule has 0 amide bonds. The predicted molar refractivity (Wildman–Crippen MR) is 103 cm³/mol. The Morgan fingerprint density at radius 3 is 2.50 bits per heavy atom. The maximum Gasteiger partial charge on any atom is 0.358 e. The number of para-hydroxylation sites is 1. The third kappa shape index (κ3) is 4.07. The van der Waals surface area contributed by atoms with Gasteiger partial charge in [0.15, 0.2) is 0 Å². The van der Waals surface area contributed by atoms with Crippen LogP contribution < -0.4 is 4.74 Å². The molecule has 1 aliphatic heterocycles. The van der Waals surface area contributed by atoms with Gasteiger partial charge in [-0.3, -0.25) is 0 Å². The van der Waals surface area contributed by atoms with Gasteiger partial charge in [0.1, 0.15) is 17.5 Å².